The first kappa shape index (κ1) is 20.2. The number of aromatic amines is 1. The molecule has 8 nitrogen and oxygen atoms in total. The molecule has 164 valence electrons. The van der Waals surface area contributed by atoms with E-state index in [1.807, 2.05) is 37.3 Å². The Labute approximate surface area is 185 Å². The highest BCUT2D eigenvalue weighted by atomic mass is 16.2. The molecule has 5 rings (SSSR count). The molecule has 1 saturated carbocycles. The van der Waals surface area contributed by atoms with Gasteiger partial charge in [0.25, 0.3) is 5.56 Å². The quantitative estimate of drug-likeness (QED) is 0.447. The first-order valence-electron chi connectivity index (χ1n) is 11.1. The molecule has 1 aliphatic carbocycles. The van der Waals surface area contributed by atoms with Gasteiger partial charge < -0.3 is 10.3 Å². The summed E-state index contributed by atoms with van der Waals surface area (Å²) in [5.74, 6) is 1.32. The third kappa shape index (κ3) is 3.84. The second-order valence-corrected chi connectivity index (χ2v) is 8.22. The van der Waals surface area contributed by atoms with Gasteiger partial charge in [-0.15, -0.1) is 0 Å². The average molecular weight is 431 g/mol. The molecule has 0 atom stereocenters. The molecule has 3 aromatic heterocycles. The summed E-state index contributed by atoms with van der Waals surface area (Å²) in [6.07, 6.45) is 5.16. The van der Waals surface area contributed by atoms with Gasteiger partial charge in [-0.3, -0.25) is 13.9 Å². The van der Waals surface area contributed by atoms with E-state index in [1.54, 1.807) is 10.8 Å². The molecular weight excluding hydrogens is 404 g/mol. The lowest BCUT2D eigenvalue weighted by atomic mass is 10.1. The van der Waals surface area contributed by atoms with Gasteiger partial charge in [0.2, 0.25) is 0 Å². The number of hydrogen-bond donors (Lipinski definition) is 2. The van der Waals surface area contributed by atoms with Crippen LogP contribution in [0.2, 0.25) is 0 Å². The SMILES string of the molecule is CCCn1c(=O)n(C2CC2)c(=O)c2[nH]c(-c3ccc(NCCc4ccccc4)nc3)nc21. The van der Waals surface area contributed by atoms with E-state index in [-0.39, 0.29) is 17.3 Å². The number of rotatable bonds is 8. The Morgan fingerprint density at radius 2 is 1.94 bits per heavy atom. The maximum atomic E-state index is 13.0. The van der Waals surface area contributed by atoms with Crippen LogP contribution in [0.5, 0.6) is 0 Å². The standard InChI is InChI=1S/C24H26N6O2/c1-2-14-29-22-20(23(31)30(24(29)32)18-9-10-18)27-21(28-22)17-8-11-19(26-15-17)25-13-12-16-6-4-3-5-7-16/h3-8,11,15,18H,2,9-10,12-14H2,1H3,(H,25,26)(H,27,28). The first-order chi connectivity index (χ1) is 15.7. The zero-order chi connectivity index (χ0) is 22.1. The molecule has 0 saturated heterocycles. The average Bonchev–Trinajstić information content (AvgIpc) is 3.54. The largest absolute Gasteiger partial charge is 0.370 e. The van der Waals surface area contributed by atoms with Crippen molar-refractivity contribution < 1.29 is 0 Å². The van der Waals surface area contributed by atoms with Crippen LogP contribution in [-0.4, -0.2) is 30.6 Å². The van der Waals surface area contributed by atoms with Crippen LogP contribution in [-0.2, 0) is 13.0 Å². The van der Waals surface area contributed by atoms with Crippen molar-refractivity contribution in [2.24, 2.45) is 0 Å². The summed E-state index contributed by atoms with van der Waals surface area (Å²) in [5.41, 5.74) is 2.28. The second kappa shape index (κ2) is 8.45. The summed E-state index contributed by atoms with van der Waals surface area (Å²) < 4.78 is 3.00. The second-order valence-electron chi connectivity index (χ2n) is 8.22. The summed E-state index contributed by atoms with van der Waals surface area (Å²) in [4.78, 5) is 38.1. The third-order valence-electron chi connectivity index (χ3n) is 5.77. The summed E-state index contributed by atoms with van der Waals surface area (Å²) >= 11 is 0. The highest BCUT2D eigenvalue weighted by molar-refractivity contribution is 5.75. The Bertz CT molecular complexity index is 1350. The van der Waals surface area contributed by atoms with Crippen LogP contribution >= 0.6 is 0 Å². The van der Waals surface area contributed by atoms with Gasteiger partial charge >= 0.3 is 5.69 Å². The lowest BCUT2D eigenvalue weighted by Gasteiger charge is -2.09. The summed E-state index contributed by atoms with van der Waals surface area (Å²) in [5, 5.41) is 3.33. The number of aryl methyl sites for hydroxylation is 1. The molecule has 3 heterocycles. The molecule has 0 radical (unpaired) electrons. The predicted molar refractivity (Wildman–Crippen MR) is 125 cm³/mol. The number of imidazole rings is 1. The van der Waals surface area contributed by atoms with Gasteiger partial charge in [0.15, 0.2) is 5.65 Å². The van der Waals surface area contributed by atoms with Gasteiger partial charge in [-0.05, 0) is 43.4 Å². The molecule has 1 aliphatic rings. The number of nitrogens with zero attached hydrogens (tertiary/aromatic N) is 4. The van der Waals surface area contributed by atoms with Crippen LogP contribution in [0, 0.1) is 0 Å². The number of H-pyrrole nitrogens is 1. The van der Waals surface area contributed by atoms with Gasteiger partial charge in [0.05, 0.1) is 0 Å². The minimum absolute atomic E-state index is 0.0113. The fraction of sp³-hybridized carbons (Fsp3) is 0.333. The van der Waals surface area contributed by atoms with E-state index >= 15 is 0 Å². The minimum Gasteiger partial charge on any atom is -0.370 e. The Kier molecular flexibility index (Phi) is 5.34. The third-order valence-corrected chi connectivity index (χ3v) is 5.77. The van der Waals surface area contributed by atoms with Crippen molar-refractivity contribution in [1.82, 2.24) is 24.1 Å². The van der Waals surface area contributed by atoms with Gasteiger partial charge in [0.1, 0.15) is 17.2 Å². The van der Waals surface area contributed by atoms with Gasteiger partial charge in [-0.25, -0.2) is 14.8 Å². The van der Waals surface area contributed by atoms with E-state index in [9.17, 15) is 9.59 Å². The number of anilines is 1. The number of fused-ring (bicyclic) bond motifs is 1. The highest BCUT2D eigenvalue weighted by Crippen LogP contribution is 2.32. The van der Waals surface area contributed by atoms with Crippen LogP contribution in [0.15, 0.2) is 58.3 Å². The van der Waals surface area contributed by atoms with E-state index in [0.29, 0.717) is 23.5 Å². The van der Waals surface area contributed by atoms with Crippen molar-refractivity contribution in [3.63, 3.8) is 0 Å². The Morgan fingerprint density at radius 3 is 2.62 bits per heavy atom. The maximum Gasteiger partial charge on any atom is 0.333 e. The lowest BCUT2D eigenvalue weighted by molar-refractivity contribution is 0.571. The normalized spacial score (nSPS) is 13.5. The zero-order valence-corrected chi connectivity index (χ0v) is 18.0. The highest BCUT2D eigenvalue weighted by Gasteiger charge is 2.29. The minimum atomic E-state index is -0.286. The van der Waals surface area contributed by atoms with Gasteiger partial charge in [-0.2, -0.15) is 0 Å². The molecule has 0 amide bonds. The molecule has 0 spiro atoms. The summed E-state index contributed by atoms with van der Waals surface area (Å²) in [6, 6.07) is 14.1. The van der Waals surface area contributed by atoms with Gasteiger partial charge in [-0.1, -0.05) is 37.3 Å². The number of aromatic nitrogens is 5. The van der Waals surface area contributed by atoms with Crippen molar-refractivity contribution in [3.05, 3.63) is 75.1 Å². The molecule has 1 aromatic carbocycles. The van der Waals surface area contributed by atoms with Crippen molar-refractivity contribution in [2.75, 3.05) is 11.9 Å². The first-order valence-corrected chi connectivity index (χ1v) is 11.1. The Morgan fingerprint density at radius 1 is 1.12 bits per heavy atom. The molecule has 0 aliphatic heterocycles. The molecule has 0 unspecified atom stereocenters. The molecule has 0 bridgehead atoms. The molecule has 32 heavy (non-hydrogen) atoms. The molecule has 4 aromatic rings. The molecule has 2 N–H and O–H groups in total. The number of hydrogen-bond acceptors (Lipinski definition) is 5. The Balaban J connectivity index is 1.41. The maximum absolute atomic E-state index is 13.0. The van der Waals surface area contributed by atoms with E-state index < -0.39 is 0 Å². The van der Waals surface area contributed by atoms with Crippen LogP contribution in [0.25, 0.3) is 22.6 Å². The van der Waals surface area contributed by atoms with Crippen molar-refractivity contribution in [1.29, 1.82) is 0 Å². The summed E-state index contributed by atoms with van der Waals surface area (Å²) in [7, 11) is 0. The lowest BCUT2D eigenvalue weighted by Crippen LogP contribution is -2.39. The van der Waals surface area contributed by atoms with E-state index in [0.717, 1.165) is 43.6 Å². The fourth-order valence-corrected chi connectivity index (χ4v) is 3.97. The van der Waals surface area contributed by atoms with Crippen LogP contribution in [0.3, 0.4) is 0 Å². The molecule has 1 fully saturated rings. The van der Waals surface area contributed by atoms with Crippen LogP contribution in [0.4, 0.5) is 5.82 Å². The zero-order valence-electron chi connectivity index (χ0n) is 18.0. The van der Waals surface area contributed by atoms with E-state index in [1.165, 1.54) is 10.1 Å². The van der Waals surface area contributed by atoms with Crippen LogP contribution < -0.4 is 16.6 Å². The van der Waals surface area contributed by atoms with Gasteiger partial charge in [0, 0.05) is 30.9 Å². The van der Waals surface area contributed by atoms with E-state index in [2.05, 4.69) is 32.4 Å². The number of nitrogens with one attached hydrogen (secondary N) is 2. The van der Waals surface area contributed by atoms with Crippen molar-refractivity contribution in [2.45, 2.75) is 45.2 Å². The molecular formula is C24H26N6O2. The number of benzene rings is 1. The fourth-order valence-electron chi connectivity index (χ4n) is 3.97. The molecule has 8 heteroatoms. The number of pyridine rings is 1. The smallest absolute Gasteiger partial charge is 0.333 e. The topological polar surface area (TPSA) is 97.6 Å². The van der Waals surface area contributed by atoms with Crippen LogP contribution in [0.1, 0.15) is 37.8 Å². The summed E-state index contributed by atoms with van der Waals surface area (Å²) in [6.45, 7) is 3.31. The Hall–Kier alpha value is -3.68. The van der Waals surface area contributed by atoms with Crippen molar-refractivity contribution in [3.8, 4) is 11.4 Å². The monoisotopic (exact) mass is 430 g/mol. The van der Waals surface area contributed by atoms with Crippen molar-refractivity contribution >= 4 is 17.0 Å². The predicted octanol–water partition coefficient (Wildman–Crippen LogP) is 3.35. The van der Waals surface area contributed by atoms with E-state index in [4.69, 9.17) is 0 Å².